The summed E-state index contributed by atoms with van der Waals surface area (Å²) in [5, 5.41) is 14.7. The molecule has 0 aromatic heterocycles. The lowest BCUT2D eigenvalue weighted by Gasteiger charge is -2.17. The van der Waals surface area contributed by atoms with Gasteiger partial charge < -0.3 is 15.2 Å². The molecule has 0 atom stereocenters. The molecule has 0 heterocycles. The van der Waals surface area contributed by atoms with E-state index in [0.29, 0.717) is 14.2 Å². The number of amides is 1. The Hall–Kier alpha value is -2.63. The molecule has 0 aliphatic rings. The highest BCUT2D eigenvalue weighted by atomic mass is 127. The van der Waals surface area contributed by atoms with Crippen LogP contribution in [0.5, 0.6) is 0 Å². The molecule has 3 aromatic rings. The maximum absolute atomic E-state index is 12.8. The van der Waals surface area contributed by atoms with Crippen LogP contribution in [0.1, 0.15) is 20.7 Å². The van der Waals surface area contributed by atoms with Gasteiger partial charge >= 0.3 is 0 Å². The van der Waals surface area contributed by atoms with Crippen LogP contribution in [0.15, 0.2) is 71.6 Å². The fourth-order valence-corrected chi connectivity index (χ4v) is 4.67. The van der Waals surface area contributed by atoms with Gasteiger partial charge in [0.1, 0.15) is 0 Å². The summed E-state index contributed by atoms with van der Waals surface area (Å²) in [7, 11) is -4.30. The van der Waals surface area contributed by atoms with E-state index in [2.05, 4.69) is 10.0 Å². The maximum Gasteiger partial charge on any atom is 0.262 e. The number of rotatable bonds is 6. The monoisotopic (exact) mass is 555 g/mol. The van der Waals surface area contributed by atoms with E-state index in [1.807, 2.05) is 22.6 Å². The van der Waals surface area contributed by atoms with Crippen LogP contribution < -0.4 is 15.1 Å². The molecule has 3 aromatic carbocycles. The summed E-state index contributed by atoms with van der Waals surface area (Å²) in [6.07, 6.45) is 0. The zero-order valence-electron chi connectivity index (χ0n) is 15.1. The van der Waals surface area contributed by atoms with Crippen molar-refractivity contribution in [2.24, 2.45) is 0 Å². The van der Waals surface area contributed by atoms with Gasteiger partial charge in [0, 0.05) is 19.8 Å². The molecule has 0 fully saturated rings. The van der Waals surface area contributed by atoms with Gasteiger partial charge in [0.25, 0.3) is 15.9 Å². The topological polar surface area (TPSA) is 115 Å². The van der Waals surface area contributed by atoms with Crippen molar-refractivity contribution >= 4 is 67.5 Å². The van der Waals surface area contributed by atoms with Gasteiger partial charge in [-0.2, -0.15) is 0 Å². The smallest absolute Gasteiger partial charge is 0.262 e. The molecule has 0 radical (unpaired) electrons. The van der Waals surface area contributed by atoms with Gasteiger partial charge in [0.15, 0.2) is 0 Å². The minimum Gasteiger partial charge on any atom is -0.545 e. The molecule has 154 valence electrons. The van der Waals surface area contributed by atoms with Crippen molar-refractivity contribution in [2.75, 3.05) is 10.0 Å². The number of benzene rings is 3. The van der Waals surface area contributed by atoms with Crippen LogP contribution in [0.3, 0.4) is 0 Å². The lowest BCUT2D eigenvalue weighted by molar-refractivity contribution is -0.255. The molecular weight excluding hydrogens is 543 g/mol. The van der Waals surface area contributed by atoms with E-state index in [-0.39, 0.29) is 11.4 Å². The SMILES string of the molecule is O=C(Nc1cccc(S(=O)(=O)Nc2ccc(Cl)cc2)c1C(=O)[O-])c1ccccc1I. The Balaban J connectivity index is 2.00. The lowest BCUT2D eigenvalue weighted by atomic mass is 10.1. The van der Waals surface area contributed by atoms with Crippen molar-refractivity contribution in [1.82, 2.24) is 0 Å². The summed E-state index contributed by atoms with van der Waals surface area (Å²) in [6, 6.07) is 16.3. The maximum atomic E-state index is 12.8. The number of carboxylic acid groups (broad SMARTS) is 1. The van der Waals surface area contributed by atoms with Crippen molar-refractivity contribution in [3.63, 3.8) is 0 Å². The molecular formula is C20H13ClIN2O5S-. The van der Waals surface area contributed by atoms with Crippen LogP contribution in [0.4, 0.5) is 11.4 Å². The molecule has 3 rings (SSSR count). The quantitative estimate of drug-likeness (QED) is 0.453. The number of carbonyl (C=O) groups is 2. The second-order valence-electron chi connectivity index (χ2n) is 6.01. The fourth-order valence-electron chi connectivity index (χ4n) is 2.63. The standard InChI is InChI=1S/C20H14ClIN2O5S/c21-12-8-10-13(11-9-12)24-30(28,29)17-7-3-6-16(18(17)20(26)27)23-19(25)14-4-1-2-5-15(14)22/h1-11,24H,(H,23,25)(H,26,27)/p-1. The first-order valence-electron chi connectivity index (χ1n) is 8.37. The summed E-state index contributed by atoms with van der Waals surface area (Å²) < 4.78 is 28.6. The molecule has 2 N–H and O–H groups in total. The van der Waals surface area contributed by atoms with Crippen molar-refractivity contribution < 1.29 is 23.1 Å². The van der Waals surface area contributed by atoms with Crippen LogP contribution in [-0.4, -0.2) is 20.3 Å². The normalized spacial score (nSPS) is 11.0. The Morgan fingerprint density at radius 2 is 1.60 bits per heavy atom. The molecule has 0 bridgehead atoms. The Morgan fingerprint density at radius 1 is 0.933 bits per heavy atom. The van der Waals surface area contributed by atoms with E-state index in [9.17, 15) is 23.1 Å². The summed E-state index contributed by atoms with van der Waals surface area (Å²) >= 11 is 7.76. The molecule has 0 spiro atoms. The number of hydrogen-bond acceptors (Lipinski definition) is 5. The third kappa shape index (κ3) is 4.91. The molecule has 7 nitrogen and oxygen atoms in total. The summed E-state index contributed by atoms with van der Waals surface area (Å²) in [6.45, 7) is 0. The molecule has 0 saturated carbocycles. The largest absolute Gasteiger partial charge is 0.545 e. The second-order valence-corrected chi connectivity index (χ2v) is 9.26. The van der Waals surface area contributed by atoms with Gasteiger partial charge in [-0.15, -0.1) is 0 Å². The highest BCUT2D eigenvalue weighted by Crippen LogP contribution is 2.27. The van der Waals surface area contributed by atoms with Crippen LogP contribution in [0.25, 0.3) is 0 Å². The summed E-state index contributed by atoms with van der Waals surface area (Å²) in [5.74, 6) is -2.33. The highest BCUT2D eigenvalue weighted by molar-refractivity contribution is 14.1. The van der Waals surface area contributed by atoms with Gasteiger partial charge in [-0.1, -0.05) is 29.8 Å². The van der Waals surface area contributed by atoms with Crippen molar-refractivity contribution in [1.29, 1.82) is 0 Å². The van der Waals surface area contributed by atoms with Gasteiger partial charge in [0.05, 0.1) is 22.1 Å². The average molecular weight is 556 g/mol. The Morgan fingerprint density at radius 3 is 2.23 bits per heavy atom. The van der Waals surface area contributed by atoms with Gasteiger partial charge in [-0.05, 0) is 71.1 Å². The number of anilines is 2. The van der Waals surface area contributed by atoms with Crippen molar-refractivity contribution in [2.45, 2.75) is 4.90 Å². The summed E-state index contributed by atoms with van der Waals surface area (Å²) in [4.78, 5) is 23.8. The number of carboxylic acids is 1. The molecule has 0 unspecified atom stereocenters. The van der Waals surface area contributed by atoms with E-state index < -0.39 is 32.4 Å². The van der Waals surface area contributed by atoms with Crippen LogP contribution in [-0.2, 0) is 10.0 Å². The fraction of sp³-hybridized carbons (Fsp3) is 0. The number of hydrogen-bond donors (Lipinski definition) is 2. The van der Waals surface area contributed by atoms with Crippen LogP contribution in [0, 0.1) is 3.57 Å². The first-order chi connectivity index (χ1) is 14.2. The Labute approximate surface area is 191 Å². The zero-order chi connectivity index (χ0) is 21.9. The van der Waals surface area contributed by atoms with Crippen LogP contribution >= 0.6 is 34.2 Å². The first kappa shape index (κ1) is 22.1. The lowest BCUT2D eigenvalue weighted by Crippen LogP contribution is -2.28. The third-order valence-corrected chi connectivity index (χ3v) is 6.60. The van der Waals surface area contributed by atoms with Crippen molar-refractivity contribution in [3.05, 3.63) is 86.4 Å². The zero-order valence-corrected chi connectivity index (χ0v) is 18.8. The van der Waals surface area contributed by atoms with Gasteiger partial charge in [-0.3, -0.25) is 9.52 Å². The highest BCUT2D eigenvalue weighted by Gasteiger charge is 2.23. The molecule has 10 heteroatoms. The number of sulfonamides is 1. The first-order valence-corrected chi connectivity index (χ1v) is 11.3. The molecule has 30 heavy (non-hydrogen) atoms. The predicted molar refractivity (Wildman–Crippen MR) is 120 cm³/mol. The van der Waals surface area contributed by atoms with E-state index in [1.165, 1.54) is 36.4 Å². The van der Waals surface area contributed by atoms with Crippen molar-refractivity contribution in [3.8, 4) is 0 Å². The molecule has 0 aliphatic heterocycles. The van der Waals surface area contributed by atoms with E-state index >= 15 is 0 Å². The van der Waals surface area contributed by atoms with E-state index in [0.717, 1.165) is 6.07 Å². The Kier molecular flexibility index (Phi) is 6.64. The molecule has 0 aliphatic carbocycles. The molecule has 1 amide bonds. The minimum atomic E-state index is -4.30. The Bertz CT molecular complexity index is 1230. The van der Waals surface area contributed by atoms with Gasteiger partial charge in [-0.25, -0.2) is 8.42 Å². The predicted octanol–water partition coefficient (Wildman–Crippen LogP) is 3.36. The average Bonchev–Trinajstić information content (AvgIpc) is 2.69. The number of nitrogens with one attached hydrogen (secondary N) is 2. The molecule has 0 saturated heterocycles. The summed E-state index contributed by atoms with van der Waals surface area (Å²) in [5.41, 5.74) is -0.344. The minimum absolute atomic E-state index is 0.192. The third-order valence-electron chi connectivity index (χ3n) is 3.98. The number of aromatic carboxylic acids is 1. The number of carbonyl (C=O) groups excluding carboxylic acids is 2. The van der Waals surface area contributed by atoms with E-state index in [1.54, 1.807) is 24.3 Å². The van der Waals surface area contributed by atoms with Crippen LogP contribution in [0.2, 0.25) is 5.02 Å². The van der Waals surface area contributed by atoms with Gasteiger partial charge in [0.2, 0.25) is 0 Å². The number of halogens is 2. The second kappa shape index (κ2) is 9.02. The van der Waals surface area contributed by atoms with E-state index in [4.69, 9.17) is 11.6 Å².